The molecule has 1 saturated heterocycles. The molecule has 1 atom stereocenters. The molecule has 1 aliphatic rings. The molecule has 0 bridgehead atoms. The SMILES string of the molecule is O=S(=O)(Cc1cccc(CO)c1)NCC1CSCCS1. The van der Waals surface area contributed by atoms with Crippen molar-refractivity contribution >= 4 is 33.5 Å². The Morgan fingerprint density at radius 3 is 2.80 bits per heavy atom. The van der Waals surface area contributed by atoms with E-state index in [-0.39, 0.29) is 12.4 Å². The van der Waals surface area contributed by atoms with Crippen LogP contribution in [0.5, 0.6) is 0 Å². The standard InChI is InChI=1S/C13H19NO3S3/c15-8-11-2-1-3-12(6-11)10-20(16,17)14-7-13-9-18-4-5-19-13/h1-3,6,13-15H,4-5,7-10H2. The van der Waals surface area contributed by atoms with Crippen molar-refractivity contribution in [2.24, 2.45) is 0 Å². The van der Waals surface area contributed by atoms with E-state index in [1.807, 2.05) is 23.5 Å². The minimum absolute atomic E-state index is 0.0363. The number of aliphatic hydroxyl groups is 1. The minimum atomic E-state index is -3.31. The van der Waals surface area contributed by atoms with E-state index in [4.69, 9.17) is 5.11 Å². The molecule has 1 heterocycles. The van der Waals surface area contributed by atoms with Crippen LogP contribution in [0.15, 0.2) is 24.3 Å². The molecule has 0 spiro atoms. The first kappa shape index (κ1) is 16.2. The molecule has 0 aliphatic carbocycles. The third-order valence-corrected chi connectivity index (χ3v) is 7.11. The second kappa shape index (κ2) is 7.70. The number of thioether (sulfide) groups is 2. The minimum Gasteiger partial charge on any atom is -0.392 e. The van der Waals surface area contributed by atoms with Crippen molar-refractivity contribution in [3.05, 3.63) is 35.4 Å². The van der Waals surface area contributed by atoms with Crippen molar-refractivity contribution in [1.82, 2.24) is 4.72 Å². The van der Waals surface area contributed by atoms with Gasteiger partial charge in [-0.3, -0.25) is 0 Å². The Bertz CT molecular complexity index is 527. The highest BCUT2D eigenvalue weighted by molar-refractivity contribution is 8.06. The molecular weight excluding hydrogens is 314 g/mol. The van der Waals surface area contributed by atoms with Gasteiger partial charge in [-0.05, 0) is 11.1 Å². The van der Waals surface area contributed by atoms with Gasteiger partial charge in [0.2, 0.25) is 10.0 Å². The van der Waals surface area contributed by atoms with Crippen LogP contribution < -0.4 is 4.72 Å². The lowest BCUT2D eigenvalue weighted by atomic mass is 10.1. The highest BCUT2D eigenvalue weighted by atomic mass is 32.2. The lowest BCUT2D eigenvalue weighted by Crippen LogP contribution is -2.34. The summed E-state index contributed by atoms with van der Waals surface area (Å²) in [4.78, 5) is 0. The smallest absolute Gasteiger partial charge is 0.215 e. The van der Waals surface area contributed by atoms with Gasteiger partial charge in [0.15, 0.2) is 0 Å². The van der Waals surface area contributed by atoms with Crippen molar-refractivity contribution in [2.45, 2.75) is 17.6 Å². The van der Waals surface area contributed by atoms with Crippen LogP contribution in [0, 0.1) is 0 Å². The van der Waals surface area contributed by atoms with Gasteiger partial charge in [-0.2, -0.15) is 23.5 Å². The molecule has 20 heavy (non-hydrogen) atoms. The Kier molecular flexibility index (Phi) is 6.22. The van der Waals surface area contributed by atoms with Crippen molar-refractivity contribution in [2.75, 3.05) is 23.8 Å². The van der Waals surface area contributed by atoms with Gasteiger partial charge in [-0.25, -0.2) is 13.1 Å². The lowest BCUT2D eigenvalue weighted by Gasteiger charge is -2.21. The van der Waals surface area contributed by atoms with Crippen LogP contribution in [0.3, 0.4) is 0 Å². The molecule has 1 aromatic carbocycles. The summed E-state index contributed by atoms with van der Waals surface area (Å²) in [5.41, 5.74) is 1.44. The highest BCUT2D eigenvalue weighted by Gasteiger charge is 2.18. The second-order valence-electron chi connectivity index (χ2n) is 4.65. The molecule has 7 heteroatoms. The van der Waals surface area contributed by atoms with E-state index in [1.54, 1.807) is 24.3 Å². The van der Waals surface area contributed by atoms with E-state index in [0.29, 0.717) is 17.4 Å². The van der Waals surface area contributed by atoms with Crippen molar-refractivity contribution < 1.29 is 13.5 Å². The normalized spacial score (nSPS) is 19.9. The summed E-state index contributed by atoms with van der Waals surface area (Å²) < 4.78 is 26.8. The van der Waals surface area contributed by atoms with Gasteiger partial charge in [0.05, 0.1) is 12.4 Å². The molecule has 0 saturated carbocycles. The van der Waals surface area contributed by atoms with E-state index >= 15 is 0 Å². The highest BCUT2D eigenvalue weighted by Crippen LogP contribution is 2.23. The van der Waals surface area contributed by atoms with E-state index in [9.17, 15) is 8.42 Å². The maximum Gasteiger partial charge on any atom is 0.215 e. The Hall–Kier alpha value is -0.210. The zero-order valence-corrected chi connectivity index (χ0v) is 13.6. The van der Waals surface area contributed by atoms with Gasteiger partial charge in [-0.1, -0.05) is 24.3 Å². The number of benzene rings is 1. The third-order valence-electron chi connectivity index (χ3n) is 2.95. The zero-order chi connectivity index (χ0) is 14.4. The van der Waals surface area contributed by atoms with E-state index in [2.05, 4.69) is 4.72 Å². The van der Waals surface area contributed by atoms with Crippen LogP contribution >= 0.6 is 23.5 Å². The van der Waals surface area contributed by atoms with Crippen LogP contribution in [0.25, 0.3) is 0 Å². The van der Waals surface area contributed by atoms with Crippen LogP contribution in [0.4, 0.5) is 0 Å². The van der Waals surface area contributed by atoms with Gasteiger partial charge >= 0.3 is 0 Å². The van der Waals surface area contributed by atoms with Gasteiger partial charge in [0, 0.05) is 29.1 Å². The van der Waals surface area contributed by atoms with Crippen LogP contribution in [0.2, 0.25) is 0 Å². The Morgan fingerprint density at radius 1 is 1.30 bits per heavy atom. The number of nitrogens with one attached hydrogen (secondary N) is 1. The van der Waals surface area contributed by atoms with Gasteiger partial charge < -0.3 is 5.11 Å². The summed E-state index contributed by atoms with van der Waals surface area (Å²) in [7, 11) is -3.31. The topological polar surface area (TPSA) is 66.4 Å². The fourth-order valence-electron chi connectivity index (χ4n) is 1.96. The number of rotatable bonds is 6. The Balaban J connectivity index is 1.89. The van der Waals surface area contributed by atoms with Crippen molar-refractivity contribution in [3.8, 4) is 0 Å². The molecular formula is C13H19NO3S3. The number of hydrogen-bond donors (Lipinski definition) is 2. The van der Waals surface area contributed by atoms with Crippen LogP contribution in [-0.2, 0) is 22.4 Å². The first-order valence-corrected chi connectivity index (χ1v) is 10.3. The average molecular weight is 334 g/mol. The second-order valence-corrected chi connectivity index (χ2v) is 9.02. The average Bonchev–Trinajstić information content (AvgIpc) is 2.46. The molecule has 1 aromatic rings. The molecule has 0 amide bonds. The quantitative estimate of drug-likeness (QED) is 0.825. The van der Waals surface area contributed by atoms with Crippen LogP contribution in [0.1, 0.15) is 11.1 Å². The van der Waals surface area contributed by atoms with Crippen molar-refractivity contribution in [3.63, 3.8) is 0 Å². The summed E-state index contributed by atoms with van der Waals surface area (Å²) in [5, 5.41) is 9.43. The lowest BCUT2D eigenvalue weighted by molar-refractivity contribution is 0.282. The third kappa shape index (κ3) is 5.29. The van der Waals surface area contributed by atoms with E-state index in [0.717, 1.165) is 22.8 Å². The summed E-state index contributed by atoms with van der Waals surface area (Å²) >= 11 is 3.71. The van der Waals surface area contributed by atoms with Gasteiger partial charge in [-0.15, -0.1) is 0 Å². The summed E-state index contributed by atoms with van der Waals surface area (Å²) in [6.45, 7) is 0.428. The summed E-state index contributed by atoms with van der Waals surface area (Å²) in [6, 6.07) is 7.04. The maximum atomic E-state index is 12.1. The molecule has 112 valence electrons. The Morgan fingerprint density at radius 2 is 2.10 bits per heavy atom. The predicted octanol–water partition coefficient (Wildman–Crippen LogP) is 1.45. The molecule has 2 rings (SSSR count). The van der Waals surface area contributed by atoms with Gasteiger partial charge in [0.25, 0.3) is 0 Å². The monoisotopic (exact) mass is 333 g/mol. The van der Waals surface area contributed by atoms with Gasteiger partial charge in [0.1, 0.15) is 0 Å². The molecule has 1 unspecified atom stereocenters. The fourth-order valence-corrected chi connectivity index (χ4v) is 5.86. The molecule has 4 nitrogen and oxygen atoms in total. The molecule has 0 radical (unpaired) electrons. The number of sulfonamides is 1. The molecule has 0 aromatic heterocycles. The molecule has 1 aliphatic heterocycles. The first-order chi connectivity index (χ1) is 9.59. The Labute approximate surface area is 128 Å². The summed E-state index contributed by atoms with van der Waals surface area (Å²) in [6.07, 6.45) is 0. The predicted molar refractivity (Wildman–Crippen MR) is 86.6 cm³/mol. The zero-order valence-electron chi connectivity index (χ0n) is 11.1. The molecule has 1 fully saturated rings. The van der Waals surface area contributed by atoms with Crippen LogP contribution in [-0.4, -0.2) is 42.6 Å². The fraction of sp³-hybridized carbons (Fsp3) is 0.538. The largest absolute Gasteiger partial charge is 0.392 e. The van der Waals surface area contributed by atoms with E-state index in [1.165, 1.54) is 0 Å². The first-order valence-electron chi connectivity index (χ1n) is 6.44. The molecule has 2 N–H and O–H groups in total. The van der Waals surface area contributed by atoms with Crippen molar-refractivity contribution in [1.29, 1.82) is 0 Å². The number of aliphatic hydroxyl groups excluding tert-OH is 1. The summed E-state index contributed by atoms with van der Waals surface area (Å²) in [5.74, 6) is 3.22. The maximum absolute atomic E-state index is 12.1. The number of hydrogen-bond acceptors (Lipinski definition) is 5. The van der Waals surface area contributed by atoms with E-state index < -0.39 is 10.0 Å².